The van der Waals surface area contributed by atoms with Crippen molar-refractivity contribution in [1.29, 1.82) is 0 Å². The Balaban J connectivity index is 1.39. The summed E-state index contributed by atoms with van der Waals surface area (Å²) >= 11 is 0. The maximum absolute atomic E-state index is 13.1. The lowest BCUT2D eigenvalue weighted by atomic mass is 9.97. The molecule has 3 heterocycles. The van der Waals surface area contributed by atoms with E-state index in [2.05, 4.69) is 28.0 Å². The van der Waals surface area contributed by atoms with E-state index in [0.717, 1.165) is 59.2 Å². The fourth-order valence-corrected chi connectivity index (χ4v) is 4.74. The topological polar surface area (TPSA) is 68.1 Å². The SMILES string of the molecule is CCOc1cccc(NC(=O)N2CCC[C@@H](c3nc(-c4cccc(OC)c4)c4ccccn34)C2)c1. The van der Waals surface area contributed by atoms with Crippen molar-refractivity contribution >= 4 is 17.2 Å². The van der Waals surface area contributed by atoms with Crippen LogP contribution in [0, 0.1) is 0 Å². The summed E-state index contributed by atoms with van der Waals surface area (Å²) in [5.41, 5.74) is 3.72. The van der Waals surface area contributed by atoms with Crippen molar-refractivity contribution in [2.75, 3.05) is 32.1 Å². The van der Waals surface area contributed by atoms with Gasteiger partial charge >= 0.3 is 6.03 Å². The van der Waals surface area contributed by atoms with E-state index in [1.165, 1.54) is 0 Å². The number of carbonyl (C=O) groups is 1. The smallest absolute Gasteiger partial charge is 0.321 e. The minimum absolute atomic E-state index is 0.0998. The van der Waals surface area contributed by atoms with Crippen LogP contribution < -0.4 is 14.8 Å². The summed E-state index contributed by atoms with van der Waals surface area (Å²) in [6.45, 7) is 3.86. The van der Waals surface area contributed by atoms with E-state index in [4.69, 9.17) is 14.5 Å². The second kappa shape index (κ2) is 10.1. The second-order valence-electron chi connectivity index (χ2n) is 8.68. The third kappa shape index (κ3) is 4.80. The zero-order valence-electron chi connectivity index (χ0n) is 20.1. The number of aromatic nitrogens is 2. The predicted octanol–water partition coefficient (Wildman–Crippen LogP) is 5.82. The first-order valence-corrected chi connectivity index (χ1v) is 12.1. The van der Waals surface area contributed by atoms with Crippen LogP contribution in [0.5, 0.6) is 11.5 Å². The summed E-state index contributed by atoms with van der Waals surface area (Å²) < 4.78 is 13.1. The normalized spacial score (nSPS) is 15.7. The summed E-state index contributed by atoms with van der Waals surface area (Å²) in [5, 5.41) is 3.03. The number of rotatable bonds is 6. The molecule has 1 saturated heterocycles. The third-order valence-corrected chi connectivity index (χ3v) is 6.39. The molecule has 1 aliphatic rings. The molecule has 1 atom stereocenters. The van der Waals surface area contributed by atoms with Gasteiger partial charge in [-0.1, -0.05) is 24.3 Å². The number of carbonyl (C=O) groups excluding carboxylic acids is 1. The molecule has 0 aliphatic carbocycles. The molecule has 2 aromatic carbocycles. The molecule has 2 aromatic heterocycles. The Morgan fingerprint density at radius 2 is 1.94 bits per heavy atom. The number of pyridine rings is 1. The van der Waals surface area contributed by atoms with E-state index >= 15 is 0 Å². The number of benzene rings is 2. The van der Waals surface area contributed by atoms with Crippen LogP contribution in [0.2, 0.25) is 0 Å². The van der Waals surface area contributed by atoms with Crippen LogP contribution in [0.4, 0.5) is 10.5 Å². The average Bonchev–Trinajstić information content (AvgIpc) is 3.29. The van der Waals surface area contributed by atoms with Crippen LogP contribution in [0.1, 0.15) is 31.5 Å². The Morgan fingerprint density at radius 1 is 1.09 bits per heavy atom. The largest absolute Gasteiger partial charge is 0.497 e. The Morgan fingerprint density at radius 3 is 2.80 bits per heavy atom. The van der Waals surface area contributed by atoms with Crippen molar-refractivity contribution in [3.8, 4) is 22.8 Å². The summed E-state index contributed by atoms with van der Waals surface area (Å²) in [5.74, 6) is 2.67. The number of amides is 2. The molecule has 1 fully saturated rings. The number of ether oxygens (including phenoxy) is 2. The molecule has 7 nitrogen and oxygen atoms in total. The minimum Gasteiger partial charge on any atom is -0.497 e. The Hall–Kier alpha value is -4.00. The molecule has 0 spiro atoms. The number of methoxy groups -OCH3 is 1. The van der Waals surface area contributed by atoms with Gasteiger partial charge in [0.2, 0.25) is 0 Å². The molecule has 2 amide bonds. The van der Waals surface area contributed by atoms with E-state index in [0.29, 0.717) is 13.2 Å². The zero-order chi connectivity index (χ0) is 24.2. The number of imidazole rings is 1. The van der Waals surface area contributed by atoms with Crippen molar-refractivity contribution in [3.63, 3.8) is 0 Å². The fourth-order valence-electron chi connectivity index (χ4n) is 4.74. The summed E-state index contributed by atoms with van der Waals surface area (Å²) in [6.07, 6.45) is 3.96. The van der Waals surface area contributed by atoms with Crippen molar-refractivity contribution in [3.05, 3.63) is 78.8 Å². The molecule has 1 aliphatic heterocycles. The lowest BCUT2D eigenvalue weighted by molar-refractivity contribution is 0.191. The highest BCUT2D eigenvalue weighted by atomic mass is 16.5. The Bertz CT molecular complexity index is 1330. The number of urea groups is 1. The lowest BCUT2D eigenvalue weighted by Gasteiger charge is -2.32. The van der Waals surface area contributed by atoms with Crippen molar-refractivity contribution in [2.24, 2.45) is 0 Å². The number of nitrogens with one attached hydrogen (secondary N) is 1. The number of nitrogens with zero attached hydrogens (tertiary/aromatic N) is 3. The average molecular weight is 471 g/mol. The standard InChI is InChI=1S/C28H30N4O3/c1-3-35-24-13-7-11-22(18-24)29-28(33)31-15-8-10-21(19-31)27-30-26(25-14-4-5-16-32(25)27)20-9-6-12-23(17-20)34-2/h4-7,9,11-14,16-18,21H,3,8,10,15,19H2,1-2H3,(H,29,33)/t21-/m1/s1. The number of piperidine rings is 1. The van der Waals surface area contributed by atoms with Gasteiger partial charge in [-0.15, -0.1) is 0 Å². The second-order valence-corrected chi connectivity index (χ2v) is 8.68. The third-order valence-electron chi connectivity index (χ3n) is 6.39. The maximum Gasteiger partial charge on any atom is 0.321 e. The molecule has 0 bridgehead atoms. The first-order valence-electron chi connectivity index (χ1n) is 12.1. The number of hydrogen-bond donors (Lipinski definition) is 1. The number of anilines is 1. The zero-order valence-corrected chi connectivity index (χ0v) is 20.1. The first-order chi connectivity index (χ1) is 17.2. The molecule has 0 saturated carbocycles. The van der Waals surface area contributed by atoms with Gasteiger partial charge in [-0.3, -0.25) is 0 Å². The molecular weight excluding hydrogens is 440 g/mol. The van der Waals surface area contributed by atoms with Crippen LogP contribution in [-0.2, 0) is 0 Å². The molecular formula is C28H30N4O3. The number of fused-ring (bicyclic) bond motifs is 1. The first kappa shape index (κ1) is 22.8. The van der Waals surface area contributed by atoms with Gasteiger partial charge in [0, 0.05) is 42.5 Å². The Kier molecular flexibility index (Phi) is 6.57. The maximum atomic E-state index is 13.1. The fraction of sp³-hybridized carbons (Fsp3) is 0.286. The minimum atomic E-state index is -0.0998. The van der Waals surface area contributed by atoms with Crippen LogP contribution in [0.15, 0.2) is 72.9 Å². The van der Waals surface area contributed by atoms with Gasteiger partial charge in [-0.25, -0.2) is 9.78 Å². The van der Waals surface area contributed by atoms with Gasteiger partial charge in [0.15, 0.2) is 0 Å². The van der Waals surface area contributed by atoms with Gasteiger partial charge in [-0.2, -0.15) is 0 Å². The summed E-state index contributed by atoms with van der Waals surface area (Å²) in [6, 6.07) is 21.5. The lowest BCUT2D eigenvalue weighted by Crippen LogP contribution is -2.42. The molecule has 0 radical (unpaired) electrons. The Labute approximate surface area is 205 Å². The van der Waals surface area contributed by atoms with E-state index in [9.17, 15) is 4.79 Å². The van der Waals surface area contributed by atoms with Crippen LogP contribution in [-0.4, -0.2) is 47.1 Å². The summed E-state index contributed by atoms with van der Waals surface area (Å²) in [7, 11) is 1.67. The van der Waals surface area contributed by atoms with Gasteiger partial charge in [-0.05, 0) is 56.2 Å². The van der Waals surface area contributed by atoms with Crippen LogP contribution in [0.25, 0.3) is 16.8 Å². The summed E-state index contributed by atoms with van der Waals surface area (Å²) in [4.78, 5) is 20.1. The highest BCUT2D eigenvalue weighted by Crippen LogP contribution is 2.33. The highest BCUT2D eigenvalue weighted by Gasteiger charge is 2.28. The number of hydrogen-bond acceptors (Lipinski definition) is 4. The molecule has 0 unspecified atom stereocenters. The van der Waals surface area contributed by atoms with Crippen LogP contribution in [0.3, 0.4) is 0 Å². The van der Waals surface area contributed by atoms with Gasteiger partial charge < -0.3 is 24.1 Å². The van der Waals surface area contributed by atoms with E-state index in [1.807, 2.05) is 66.4 Å². The van der Waals surface area contributed by atoms with Gasteiger partial charge in [0.25, 0.3) is 0 Å². The van der Waals surface area contributed by atoms with Crippen LogP contribution >= 0.6 is 0 Å². The van der Waals surface area contributed by atoms with Crippen molar-refractivity contribution in [2.45, 2.75) is 25.7 Å². The monoisotopic (exact) mass is 470 g/mol. The molecule has 35 heavy (non-hydrogen) atoms. The number of likely N-dealkylation sites (tertiary alicyclic amines) is 1. The van der Waals surface area contributed by atoms with E-state index in [-0.39, 0.29) is 11.9 Å². The molecule has 180 valence electrons. The van der Waals surface area contributed by atoms with Gasteiger partial charge in [0.1, 0.15) is 17.3 Å². The molecule has 5 rings (SSSR count). The van der Waals surface area contributed by atoms with Crippen molar-refractivity contribution in [1.82, 2.24) is 14.3 Å². The molecule has 1 N–H and O–H groups in total. The molecule has 7 heteroatoms. The van der Waals surface area contributed by atoms with Crippen molar-refractivity contribution < 1.29 is 14.3 Å². The quantitative estimate of drug-likeness (QED) is 0.386. The van der Waals surface area contributed by atoms with Gasteiger partial charge in [0.05, 0.1) is 24.9 Å². The molecule has 4 aromatic rings. The highest BCUT2D eigenvalue weighted by molar-refractivity contribution is 5.89. The van der Waals surface area contributed by atoms with E-state index < -0.39 is 0 Å². The van der Waals surface area contributed by atoms with E-state index in [1.54, 1.807) is 7.11 Å². The predicted molar refractivity (Wildman–Crippen MR) is 137 cm³/mol.